The van der Waals surface area contributed by atoms with E-state index in [1.54, 1.807) is 37.2 Å². The number of benzene rings is 1. The van der Waals surface area contributed by atoms with Gasteiger partial charge in [0.25, 0.3) is 5.91 Å². The third-order valence-electron chi connectivity index (χ3n) is 7.18. The summed E-state index contributed by atoms with van der Waals surface area (Å²) in [5.41, 5.74) is 3.45. The summed E-state index contributed by atoms with van der Waals surface area (Å²) >= 11 is 0. The average molecular weight is 519 g/mol. The maximum Gasteiger partial charge on any atom is 0.252 e. The monoisotopic (exact) mass is 518 g/mol. The normalized spacial score (nSPS) is 18.2. The van der Waals surface area contributed by atoms with Crippen LogP contribution in [0, 0.1) is 5.41 Å². The van der Waals surface area contributed by atoms with Gasteiger partial charge in [-0.15, -0.1) is 0 Å². The number of amides is 1. The Bertz CT molecular complexity index is 1340. The van der Waals surface area contributed by atoms with Crippen molar-refractivity contribution in [3.05, 3.63) is 64.6 Å². The molecule has 9 nitrogen and oxygen atoms in total. The highest BCUT2D eigenvalue weighted by Gasteiger charge is 2.37. The predicted octanol–water partition coefficient (Wildman–Crippen LogP) is 3.94. The predicted molar refractivity (Wildman–Crippen MR) is 141 cm³/mol. The summed E-state index contributed by atoms with van der Waals surface area (Å²) in [6.07, 6.45) is 5.23. The number of aromatic nitrogens is 3. The van der Waals surface area contributed by atoms with E-state index in [4.69, 9.17) is 19.3 Å². The van der Waals surface area contributed by atoms with Gasteiger partial charge < -0.3 is 19.5 Å². The van der Waals surface area contributed by atoms with Crippen LogP contribution in [0.15, 0.2) is 36.5 Å². The first-order valence-electron chi connectivity index (χ1n) is 13.0. The van der Waals surface area contributed by atoms with Crippen molar-refractivity contribution < 1.29 is 23.8 Å². The molecule has 1 aliphatic heterocycles. The second kappa shape index (κ2) is 10.6. The molecule has 1 N–H and O–H groups in total. The number of hydrogen-bond acceptors (Lipinski definition) is 7. The highest BCUT2D eigenvalue weighted by molar-refractivity contribution is 6.00. The number of carbonyl (C=O) groups is 2. The van der Waals surface area contributed by atoms with Gasteiger partial charge >= 0.3 is 0 Å². The van der Waals surface area contributed by atoms with Crippen LogP contribution in [0.3, 0.4) is 0 Å². The van der Waals surface area contributed by atoms with Crippen LogP contribution in [0.2, 0.25) is 0 Å². The molecule has 1 saturated heterocycles. The fourth-order valence-electron chi connectivity index (χ4n) is 5.28. The Hall–Kier alpha value is -3.72. The van der Waals surface area contributed by atoms with Crippen LogP contribution in [0.1, 0.15) is 70.8 Å². The zero-order valence-corrected chi connectivity index (χ0v) is 22.4. The molecule has 200 valence electrons. The van der Waals surface area contributed by atoms with E-state index in [0.717, 1.165) is 30.7 Å². The van der Waals surface area contributed by atoms with Gasteiger partial charge in [-0.05, 0) is 54.5 Å². The van der Waals surface area contributed by atoms with Gasteiger partial charge in [-0.3, -0.25) is 9.59 Å². The molecular weight excluding hydrogens is 484 g/mol. The van der Waals surface area contributed by atoms with Gasteiger partial charge in [0.2, 0.25) is 0 Å². The van der Waals surface area contributed by atoms with Crippen molar-refractivity contribution in [3.8, 4) is 17.3 Å². The molecule has 38 heavy (non-hydrogen) atoms. The van der Waals surface area contributed by atoms with E-state index in [1.807, 2.05) is 18.2 Å². The Morgan fingerprint density at radius 2 is 1.97 bits per heavy atom. The molecule has 9 heteroatoms. The van der Waals surface area contributed by atoms with E-state index in [0.29, 0.717) is 59.9 Å². The fourth-order valence-corrected chi connectivity index (χ4v) is 5.28. The maximum atomic E-state index is 13.3. The summed E-state index contributed by atoms with van der Waals surface area (Å²) in [6, 6.07) is 9.23. The lowest BCUT2D eigenvalue weighted by molar-refractivity contribution is 0.0857. The number of carbonyl (C=O) groups excluding carboxylic acids is 2. The minimum absolute atomic E-state index is 0.0757. The minimum atomic E-state index is -0.190. The summed E-state index contributed by atoms with van der Waals surface area (Å²) in [6.45, 7) is 5.42. The number of pyridine rings is 1. The first-order valence-corrected chi connectivity index (χ1v) is 13.0. The van der Waals surface area contributed by atoms with E-state index in [1.165, 1.54) is 0 Å². The second-order valence-corrected chi connectivity index (χ2v) is 10.7. The molecule has 5 rings (SSSR count). The largest absolute Gasteiger partial charge is 0.493 e. The van der Waals surface area contributed by atoms with Crippen LogP contribution in [0.4, 0.5) is 0 Å². The zero-order chi connectivity index (χ0) is 26.9. The first kappa shape index (κ1) is 25.9. The average Bonchev–Trinajstić information content (AvgIpc) is 3.55. The van der Waals surface area contributed by atoms with Crippen molar-refractivity contribution in [2.75, 3.05) is 27.4 Å². The van der Waals surface area contributed by atoms with E-state index in [2.05, 4.69) is 24.1 Å². The topological polar surface area (TPSA) is 105 Å². The van der Waals surface area contributed by atoms with E-state index >= 15 is 0 Å². The molecule has 0 saturated carbocycles. The summed E-state index contributed by atoms with van der Waals surface area (Å²) in [5.74, 6) is 1.74. The molecule has 0 bridgehead atoms. The fraction of sp³-hybridized carbons (Fsp3) is 0.448. The summed E-state index contributed by atoms with van der Waals surface area (Å²) in [7, 11) is 3.20. The Morgan fingerprint density at radius 1 is 1.16 bits per heavy atom. The Kier molecular flexibility index (Phi) is 7.21. The van der Waals surface area contributed by atoms with Crippen LogP contribution in [0.5, 0.6) is 11.5 Å². The molecule has 3 heterocycles. The summed E-state index contributed by atoms with van der Waals surface area (Å²) < 4.78 is 18.2. The van der Waals surface area contributed by atoms with Gasteiger partial charge in [0.05, 0.1) is 42.8 Å². The molecule has 1 aliphatic carbocycles. The van der Waals surface area contributed by atoms with Crippen molar-refractivity contribution >= 4 is 11.7 Å². The summed E-state index contributed by atoms with van der Waals surface area (Å²) in [4.78, 5) is 30.5. The van der Waals surface area contributed by atoms with Crippen molar-refractivity contribution in [3.63, 3.8) is 0 Å². The van der Waals surface area contributed by atoms with Crippen molar-refractivity contribution in [1.29, 1.82) is 0 Å². The molecule has 1 amide bonds. The highest BCUT2D eigenvalue weighted by atomic mass is 16.5. The third-order valence-corrected chi connectivity index (χ3v) is 7.18. The van der Waals surface area contributed by atoms with Gasteiger partial charge in [-0.1, -0.05) is 19.9 Å². The third kappa shape index (κ3) is 5.29. The molecule has 1 unspecified atom stereocenters. The molecule has 1 atom stereocenters. The Balaban J connectivity index is 1.44. The van der Waals surface area contributed by atoms with Crippen LogP contribution in [-0.2, 0) is 17.6 Å². The quantitative estimate of drug-likeness (QED) is 0.482. The van der Waals surface area contributed by atoms with Crippen molar-refractivity contribution in [2.45, 2.75) is 52.1 Å². The first-order chi connectivity index (χ1) is 18.3. The number of fused-ring (bicyclic) bond motifs is 1. The molecule has 2 aromatic heterocycles. The van der Waals surface area contributed by atoms with Crippen molar-refractivity contribution in [1.82, 2.24) is 20.1 Å². The minimum Gasteiger partial charge on any atom is -0.493 e. The lowest BCUT2D eigenvalue weighted by atomic mass is 9.75. The number of methoxy groups -OCH3 is 2. The standard InChI is InChI=1S/C29H34N4O5/c1-29(2)14-22-27(23(34)15-29)21(12-18-7-9-24(36-3)25(13-18)37-4)32-33(22)26-10-8-19(16-30-26)28(35)31-17-20-6-5-11-38-20/h7-10,13,16,20H,5-6,11-12,14-15,17H2,1-4H3,(H,31,35). The van der Waals surface area contributed by atoms with Crippen LogP contribution < -0.4 is 14.8 Å². The van der Waals surface area contributed by atoms with Gasteiger partial charge in [0.15, 0.2) is 23.1 Å². The molecule has 3 aromatic rings. The summed E-state index contributed by atoms with van der Waals surface area (Å²) in [5, 5.41) is 7.80. The Labute approximate surface area is 222 Å². The number of ketones is 1. The molecule has 2 aliphatic rings. The lowest BCUT2D eigenvalue weighted by Gasteiger charge is -2.29. The lowest BCUT2D eigenvalue weighted by Crippen LogP contribution is -2.31. The SMILES string of the molecule is COc1ccc(Cc2nn(-c3ccc(C(=O)NCC4CCCO4)cn3)c3c2C(=O)CC(C)(C)C3)cc1OC. The smallest absolute Gasteiger partial charge is 0.252 e. The van der Waals surface area contributed by atoms with Gasteiger partial charge in [-0.2, -0.15) is 5.10 Å². The molecule has 1 aromatic carbocycles. The number of rotatable bonds is 8. The number of ether oxygens (including phenoxy) is 3. The van der Waals surface area contributed by atoms with Crippen LogP contribution >= 0.6 is 0 Å². The van der Waals surface area contributed by atoms with Crippen LogP contribution in [0.25, 0.3) is 5.82 Å². The molecule has 0 spiro atoms. The number of nitrogens with zero attached hydrogens (tertiary/aromatic N) is 3. The molecular formula is C29H34N4O5. The molecule has 0 radical (unpaired) electrons. The second-order valence-electron chi connectivity index (χ2n) is 10.7. The number of Topliss-reactive ketones (excluding diaryl/α,β-unsaturated/α-hetero) is 1. The van der Waals surface area contributed by atoms with Gasteiger partial charge in [0, 0.05) is 32.2 Å². The van der Waals surface area contributed by atoms with Gasteiger partial charge in [0.1, 0.15) is 0 Å². The Morgan fingerprint density at radius 3 is 2.66 bits per heavy atom. The highest BCUT2D eigenvalue weighted by Crippen LogP contribution is 2.38. The zero-order valence-electron chi connectivity index (χ0n) is 22.4. The van der Waals surface area contributed by atoms with E-state index < -0.39 is 0 Å². The van der Waals surface area contributed by atoms with E-state index in [-0.39, 0.29) is 23.2 Å². The van der Waals surface area contributed by atoms with E-state index in [9.17, 15) is 9.59 Å². The van der Waals surface area contributed by atoms with Gasteiger partial charge in [-0.25, -0.2) is 9.67 Å². The number of nitrogens with one attached hydrogen (secondary N) is 1. The molecule has 1 fully saturated rings. The van der Waals surface area contributed by atoms with Crippen molar-refractivity contribution in [2.24, 2.45) is 5.41 Å². The number of hydrogen-bond donors (Lipinski definition) is 1. The van der Waals surface area contributed by atoms with Crippen LogP contribution in [-0.4, -0.2) is 59.9 Å². The maximum absolute atomic E-state index is 13.3.